The van der Waals surface area contributed by atoms with E-state index in [0.29, 0.717) is 23.1 Å². The van der Waals surface area contributed by atoms with Gasteiger partial charge in [-0.15, -0.1) is 13.2 Å². The Labute approximate surface area is 211 Å². The Morgan fingerprint density at radius 2 is 1.76 bits per heavy atom. The van der Waals surface area contributed by atoms with Crippen LogP contribution < -0.4 is 20.7 Å². The molecule has 5 rings (SSSR count). The number of pyridine rings is 1. The lowest BCUT2D eigenvalue weighted by Crippen LogP contribution is -2.61. The third kappa shape index (κ3) is 5.68. The molecule has 2 aromatic heterocycles. The third-order valence-corrected chi connectivity index (χ3v) is 6.75. The summed E-state index contributed by atoms with van der Waals surface area (Å²) in [6.45, 7) is 4.68. The van der Waals surface area contributed by atoms with Crippen LogP contribution in [-0.4, -0.2) is 58.3 Å². The second-order valence-electron chi connectivity index (χ2n) is 9.47. The zero-order chi connectivity index (χ0) is 26.2. The number of rotatable bonds is 5. The van der Waals surface area contributed by atoms with Crippen LogP contribution >= 0.6 is 0 Å². The number of nitrogens with zero attached hydrogens (tertiary/aromatic N) is 5. The molecule has 3 N–H and O–H groups in total. The summed E-state index contributed by atoms with van der Waals surface area (Å²) in [5, 5.41) is 2.98. The topological polar surface area (TPSA) is 110 Å². The molecule has 0 saturated carbocycles. The molecule has 2 aliphatic rings. The lowest BCUT2D eigenvalue weighted by molar-refractivity contribution is -0.274. The van der Waals surface area contributed by atoms with E-state index in [9.17, 15) is 18.0 Å². The van der Waals surface area contributed by atoms with E-state index in [-0.39, 0.29) is 22.9 Å². The molecule has 2 fully saturated rings. The van der Waals surface area contributed by atoms with Gasteiger partial charge in [0.2, 0.25) is 5.91 Å². The van der Waals surface area contributed by atoms with E-state index in [1.807, 2.05) is 17.0 Å². The van der Waals surface area contributed by atoms with Crippen molar-refractivity contribution >= 4 is 29.0 Å². The normalized spacial score (nSPS) is 16.9. The molecule has 1 spiro atoms. The maximum absolute atomic E-state index is 12.7. The van der Waals surface area contributed by atoms with E-state index < -0.39 is 6.36 Å². The van der Waals surface area contributed by atoms with Crippen molar-refractivity contribution in [3.8, 4) is 17.1 Å². The van der Waals surface area contributed by atoms with Gasteiger partial charge in [0.1, 0.15) is 23.2 Å². The summed E-state index contributed by atoms with van der Waals surface area (Å²) in [5.41, 5.74) is 7.30. The number of amides is 1. The van der Waals surface area contributed by atoms with Gasteiger partial charge in [0, 0.05) is 68.1 Å². The Hall–Kier alpha value is -4.09. The molecular formula is C25H26F3N7O2. The first-order chi connectivity index (χ1) is 17.6. The second-order valence-corrected chi connectivity index (χ2v) is 9.47. The average molecular weight is 514 g/mol. The summed E-state index contributed by atoms with van der Waals surface area (Å²) in [4.78, 5) is 29.1. The number of benzene rings is 1. The summed E-state index contributed by atoms with van der Waals surface area (Å²) in [7, 11) is 0. The number of likely N-dealkylation sites (tertiary alicyclic amines) is 1. The summed E-state index contributed by atoms with van der Waals surface area (Å²) < 4.78 is 42.0. The Morgan fingerprint density at radius 1 is 1.05 bits per heavy atom. The van der Waals surface area contributed by atoms with Crippen molar-refractivity contribution in [1.82, 2.24) is 19.9 Å². The molecule has 2 aliphatic heterocycles. The number of halogens is 3. The number of hydrogen-bond donors (Lipinski definition) is 2. The van der Waals surface area contributed by atoms with Crippen LogP contribution in [0.3, 0.4) is 0 Å². The van der Waals surface area contributed by atoms with Gasteiger partial charge in [-0.3, -0.25) is 4.79 Å². The van der Waals surface area contributed by atoms with Crippen LogP contribution in [0.4, 0.5) is 36.3 Å². The van der Waals surface area contributed by atoms with Crippen molar-refractivity contribution in [3.05, 3.63) is 48.7 Å². The molecule has 2 saturated heterocycles. The molecule has 194 valence electrons. The molecule has 0 atom stereocenters. The fourth-order valence-electron chi connectivity index (χ4n) is 4.77. The highest BCUT2D eigenvalue weighted by atomic mass is 19.4. The minimum atomic E-state index is -4.81. The number of alkyl halides is 3. The zero-order valence-corrected chi connectivity index (χ0v) is 20.1. The Kier molecular flexibility index (Phi) is 6.26. The number of ether oxygens (including phenoxy) is 1. The average Bonchev–Trinajstić information content (AvgIpc) is 2.82. The Balaban J connectivity index is 1.39. The van der Waals surface area contributed by atoms with Crippen molar-refractivity contribution in [3.63, 3.8) is 0 Å². The number of carbonyl (C=O) groups is 1. The van der Waals surface area contributed by atoms with Crippen LogP contribution in [0.2, 0.25) is 0 Å². The fraction of sp³-hybridized carbons (Fsp3) is 0.360. The molecule has 12 heteroatoms. The van der Waals surface area contributed by atoms with E-state index in [2.05, 4.69) is 24.9 Å². The maximum atomic E-state index is 12.7. The first-order valence-corrected chi connectivity index (χ1v) is 11.8. The van der Waals surface area contributed by atoms with Gasteiger partial charge >= 0.3 is 6.36 Å². The lowest BCUT2D eigenvalue weighted by Gasteiger charge is -2.54. The minimum absolute atomic E-state index is 0.101. The highest BCUT2D eigenvalue weighted by Gasteiger charge is 2.45. The Bertz CT molecular complexity index is 1280. The molecule has 0 bridgehead atoms. The molecule has 3 aromatic rings. The van der Waals surface area contributed by atoms with Gasteiger partial charge in [0.05, 0.1) is 0 Å². The van der Waals surface area contributed by atoms with Gasteiger partial charge in [-0.05, 0) is 43.2 Å². The summed E-state index contributed by atoms with van der Waals surface area (Å²) in [6, 6.07) is 11.1. The molecule has 1 aromatic carbocycles. The molecule has 9 nitrogen and oxygen atoms in total. The number of nitrogen functional groups attached to an aromatic ring is 1. The van der Waals surface area contributed by atoms with Crippen molar-refractivity contribution in [2.75, 3.05) is 42.1 Å². The monoisotopic (exact) mass is 513 g/mol. The van der Waals surface area contributed by atoms with Gasteiger partial charge in [0.25, 0.3) is 0 Å². The molecule has 4 heterocycles. The van der Waals surface area contributed by atoms with Crippen molar-refractivity contribution in [2.24, 2.45) is 5.41 Å². The van der Waals surface area contributed by atoms with Crippen LogP contribution in [-0.2, 0) is 4.79 Å². The maximum Gasteiger partial charge on any atom is 0.573 e. The largest absolute Gasteiger partial charge is 0.573 e. The van der Waals surface area contributed by atoms with Gasteiger partial charge in [-0.25, -0.2) is 15.0 Å². The van der Waals surface area contributed by atoms with Crippen LogP contribution in [0.15, 0.2) is 48.7 Å². The lowest BCUT2D eigenvalue weighted by atomic mass is 9.72. The number of anilines is 4. The zero-order valence-electron chi connectivity index (χ0n) is 20.1. The van der Waals surface area contributed by atoms with Gasteiger partial charge in [0.15, 0.2) is 5.82 Å². The van der Waals surface area contributed by atoms with Crippen molar-refractivity contribution < 1.29 is 22.7 Å². The van der Waals surface area contributed by atoms with Gasteiger partial charge < -0.3 is 25.6 Å². The number of piperidine rings is 1. The molecule has 1 amide bonds. The predicted molar refractivity (Wildman–Crippen MR) is 132 cm³/mol. The molecule has 0 unspecified atom stereocenters. The fourth-order valence-corrected chi connectivity index (χ4v) is 4.77. The molecular weight excluding hydrogens is 487 g/mol. The summed E-state index contributed by atoms with van der Waals surface area (Å²) in [6.07, 6.45) is -1.73. The van der Waals surface area contributed by atoms with Crippen LogP contribution in [0.1, 0.15) is 19.8 Å². The molecule has 0 aliphatic carbocycles. The summed E-state index contributed by atoms with van der Waals surface area (Å²) in [5.74, 6) is 1.36. The van der Waals surface area contributed by atoms with E-state index in [1.165, 1.54) is 6.20 Å². The van der Waals surface area contributed by atoms with Crippen LogP contribution in [0, 0.1) is 5.41 Å². The number of aromatic nitrogens is 3. The number of nitrogens with two attached hydrogens (primary N) is 1. The molecule has 37 heavy (non-hydrogen) atoms. The van der Waals surface area contributed by atoms with Crippen LogP contribution in [0.25, 0.3) is 11.4 Å². The van der Waals surface area contributed by atoms with Crippen molar-refractivity contribution in [1.29, 1.82) is 0 Å². The highest BCUT2D eigenvalue weighted by molar-refractivity contribution is 5.73. The first-order valence-electron chi connectivity index (χ1n) is 11.8. The minimum Gasteiger partial charge on any atom is -0.406 e. The van der Waals surface area contributed by atoms with E-state index in [4.69, 9.17) is 10.7 Å². The smallest absolute Gasteiger partial charge is 0.406 e. The first kappa shape index (κ1) is 24.6. The van der Waals surface area contributed by atoms with Gasteiger partial charge in [-0.1, -0.05) is 0 Å². The van der Waals surface area contributed by atoms with Crippen molar-refractivity contribution in [2.45, 2.75) is 26.1 Å². The number of carbonyl (C=O) groups excluding carboxylic acids is 1. The third-order valence-electron chi connectivity index (χ3n) is 6.75. The van der Waals surface area contributed by atoms with E-state index >= 15 is 0 Å². The summed E-state index contributed by atoms with van der Waals surface area (Å²) >= 11 is 0. The number of hydrogen-bond acceptors (Lipinski definition) is 8. The van der Waals surface area contributed by atoms with E-state index in [1.54, 1.807) is 25.1 Å². The SMILES string of the molecule is CC(=O)N1CCC2(CC1)CN(c1cc(Nc3cc(OC(F)(F)F)ccn3)nc(-c3ccc(N)cc3)n1)C2. The van der Waals surface area contributed by atoms with Crippen LogP contribution in [0.5, 0.6) is 5.75 Å². The number of nitrogens with one attached hydrogen (secondary N) is 1. The van der Waals surface area contributed by atoms with E-state index in [0.717, 1.165) is 56.7 Å². The highest BCUT2D eigenvalue weighted by Crippen LogP contribution is 2.43. The quantitative estimate of drug-likeness (QED) is 0.489. The standard InChI is InChI=1S/C25H26F3N7O2/c1-16(36)34-10-7-24(8-11-34)14-35(15-24)22-13-21(32-23(33-22)17-2-4-18(29)5-3-17)31-20-12-19(6-9-30-20)37-25(26,27)28/h2-6,9,12-13H,7-8,10-11,14-15,29H2,1H3,(H,30,31,32,33). The second kappa shape index (κ2) is 9.41. The Morgan fingerprint density at radius 3 is 2.41 bits per heavy atom. The predicted octanol–water partition coefficient (Wildman–Crippen LogP) is 4.21. The van der Waals surface area contributed by atoms with Gasteiger partial charge in [-0.2, -0.15) is 0 Å². The molecule has 0 radical (unpaired) electrons.